The van der Waals surface area contributed by atoms with Crippen molar-refractivity contribution in [2.75, 3.05) is 23.8 Å². The van der Waals surface area contributed by atoms with Crippen molar-refractivity contribution in [3.05, 3.63) is 53.9 Å². The lowest BCUT2D eigenvalue weighted by Gasteiger charge is -2.19. The Labute approximate surface area is 119 Å². The van der Waals surface area contributed by atoms with E-state index in [1.54, 1.807) is 6.07 Å². The van der Waals surface area contributed by atoms with E-state index in [1.807, 2.05) is 43.6 Å². The molecule has 0 aliphatic rings. The van der Waals surface area contributed by atoms with Crippen molar-refractivity contribution in [2.24, 2.45) is 0 Å². The maximum absolute atomic E-state index is 8.94. The molecule has 4 nitrogen and oxygen atoms in total. The highest BCUT2D eigenvalue weighted by atomic mass is 15.1. The van der Waals surface area contributed by atoms with E-state index >= 15 is 0 Å². The summed E-state index contributed by atoms with van der Waals surface area (Å²) in [5.41, 5.74) is 3.76. The topological polar surface area (TPSA) is 52.0 Å². The molecule has 0 radical (unpaired) electrons. The van der Waals surface area contributed by atoms with E-state index in [2.05, 4.69) is 28.2 Å². The number of nitriles is 1. The quantitative estimate of drug-likeness (QED) is 0.903. The zero-order valence-corrected chi connectivity index (χ0v) is 11.8. The van der Waals surface area contributed by atoms with E-state index in [4.69, 9.17) is 5.26 Å². The zero-order chi connectivity index (χ0) is 14.4. The van der Waals surface area contributed by atoms with E-state index in [0.717, 1.165) is 23.6 Å². The van der Waals surface area contributed by atoms with Gasteiger partial charge < -0.3 is 10.2 Å². The summed E-state index contributed by atoms with van der Waals surface area (Å²) in [6.45, 7) is 3.66. The number of rotatable bonds is 5. The van der Waals surface area contributed by atoms with Crippen molar-refractivity contribution < 1.29 is 0 Å². The molecule has 1 aromatic carbocycles. The van der Waals surface area contributed by atoms with Gasteiger partial charge in [0.05, 0.1) is 23.9 Å². The summed E-state index contributed by atoms with van der Waals surface area (Å²) in [4.78, 5) is 6.47. The van der Waals surface area contributed by atoms with Gasteiger partial charge in [0.1, 0.15) is 0 Å². The van der Waals surface area contributed by atoms with Crippen LogP contribution < -0.4 is 10.2 Å². The van der Waals surface area contributed by atoms with Gasteiger partial charge in [-0.15, -0.1) is 0 Å². The summed E-state index contributed by atoms with van der Waals surface area (Å²) >= 11 is 0. The number of aromatic nitrogens is 1. The molecule has 0 aliphatic heterocycles. The second kappa shape index (κ2) is 6.58. The molecule has 0 bridgehead atoms. The highest BCUT2D eigenvalue weighted by Crippen LogP contribution is 2.17. The van der Waals surface area contributed by atoms with E-state index in [-0.39, 0.29) is 0 Å². The molecule has 0 unspecified atom stereocenters. The Morgan fingerprint density at radius 1 is 1.30 bits per heavy atom. The first-order chi connectivity index (χ1) is 9.72. The summed E-state index contributed by atoms with van der Waals surface area (Å²) in [5, 5.41) is 12.2. The molecular formula is C16H18N4. The van der Waals surface area contributed by atoms with E-state index < -0.39 is 0 Å². The minimum Gasteiger partial charge on any atom is -0.385 e. The van der Waals surface area contributed by atoms with Crippen LogP contribution in [0.5, 0.6) is 0 Å². The molecule has 0 aliphatic carbocycles. The van der Waals surface area contributed by atoms with Crippen LogP contribution in [0.15, 0.2) is 42.6 Å². The molecule has 4 heteroatoms. The average Bonchev–Trinajstić information content (AvgIpc) is 2.48. The van der Waals surface area contributed by atoms with Gasteiger partial charge in [-0.3, -0.25) is 4.98 Å². The smallest absolute Gasteiger partial charge is 0.0992 e. The summed E-state index contributed by atoms with van der Waals surface area (Å²) in [6.07, 6.45) is 1.81. The first-order valence-electron chi connectivity index (χ1n) is 6.63. The van der Waals surface area contributed by atoms with Crippen molar-refractivity contribution in [1.29, 1.82) is 5.26 Å². The predicted octanol–water partition coefficient (Wildman–Crippen LogP) is 3.02. The van der Waals surface area contributed by atoms with Crippen LogP contribution in [-0.4, -0.2) is 18.6 Å². The number of anilines is 2. The Kier molecular flexibility index (Phi) is 4.56. The first-order valence-corrected chi connectivity index (χ1v) is 6.63. The fourth-order valence-electron chi connectivity index (χ4n) is 2.03. The monoisotopic (exact) mass is 266 g/mol. The minimum absolute atomic E-state index is 0.670. The third kappa shape index (κ3) is 3.48. The second-order valence-corrected chi connectivity index (χ2v) is 4.58. The third-order valence-corrected chi connectivity index (χ3v) is 3.01. The molecular weight excluding hydrogens is 248 g/mol. The fourth-order valence-corrected chi connectivity index (χ4v) is 2.03. The van der Waals surface area contributed by atoms with Gasteiger partial charge in [0.2, 0.25) is 0 Å². The molecule has 0 fully saturated rings. The lowest BCUT2D eigenvalue weighted by atomic mass is 10.2. The maximum Gasteiger partial charge on any atom is 0.0992 e. The van der Waals surface area contributed by atoms with E-state index in [9.17, 15) is 0 Å². The van der Waals surface area contributed by atoms with Crippen LogP contribution >= 0.6 is 0 Å². The van der Waals surface area contributed by atoms with E-state index in [1.165, 1.54) is 0 Å². The number of nitrogens with one attached hydrogen (secondary N) is 1. The Morgan fingerprint density at radius 3 is 2.90 bits per heavy atom. The van der Waals surface area contributed by atoms with Crippen LogP contribution in [-0.2, 0) is 6.54 Å². The number of hydrogen-bond acceptors (Lipinski definition) is 4. The van der Waals surface area contributed by atoms with Gasteiger partial charge in [-0.2, -0.15) is 5.26 Å². The summed E-state index contributed by atoms with van der Waals surface area (Å²) in [7, 11) is 2.00. The van der Waals surface area contributed by atoms with Gasteiger partial charge >= 0.3 is 0 Å². The maximum atomic E-state index is 8.94. The number of hydrogen-bond donors (Lipinski definition) is 1. The van der Waals surface area contributed by atoms with Crippen molar-refractivity contribution in [3.63, 3.8) is 0 Å². The van der Waals surface area contributed by atoms with Crippen LogP contribution in [0.1, 0.15) is 18.2 Å². The molecule has 0 spiro atoms. The molecule has 1 aromatic heterocycles. The summed E-state index contributed by atoms with van der Waals surface area (Å²) in [5.74, 6) is 0. The Bertz CT molecular complexity index is 616. The molecule has 0 saturated carbocycles. The standard InChI is InChI=1S/C16H18N4/c1-3-18-14-7-8-19-15(10-14)12-20(2)16-6-4-5-13(9-16)11-17/h4-10H,3,12H2,1-2H3,(H,18,19). The Balaban J connectivity index is 2.12. The van der Waals surface area contributed by atoms with Crippen molar-refractivity contribution in [1.82, 2.24) is 4.98 Å². The molecule has 1 heterocycles. The van der Waals surface area contributed by atoms with Gasteiger partial charge in [-0.05, 0) is 37.3 Å². The SMILES string of the molecule is CCNc1ccnc(CN(C)c2cccc(C#N)c2)c1. The Morgan fingerprint density at radius 2 is 2.15 bits per heavy atom. The highest BCUT2D eigenvalue weighted by Gasteiger charge is 2.05. The number of nitrogens with zero attached hydrogens (tertiary/aromatic N) is 3. The van der Waals surface area contributed by atoms with Gasteiger partial charge in [0.25, 0.3) is 0 Å². The van der Waals surface area contributed by atoms with Crippen LogP contribution in [0.3, 0.4) is 0 Å². The first kappa shape index (κ1) is 13.9. The van der Waals surface area contributed by atoms with Crippen LogP contribution in [0.2, 0.25) is 0 Å². The van der Waals surface area contributed by atoms with Gasteiger partial charge in [0.15, 0.2) is 0 Å². The molecule has 102 valence electrons. The van der Waals surface area contributed by atoms with Crippen LogP contribution in [0, 0.1) is 11.3 Å². The molecule has 2 rings (SSSR count). The van der Waals surface area contributed by atoms with E-state index in [0.29, 0.717) is 12.1 Å². The summed E-state index contributed by atoms with van der Waals surface area (Å²) < 4.78 is 0. The fraction of sp³-hybridized carbons (Fsp3) is 0.250. The minimum atomic E-state index is 0.670. The van der Waals surface area contributed by atoms with Gasteiger partial charge in [-0.25, -0.2) is 0 Å². The van der Waals surface area contributed by atoms with Gasteiger partial charge in [-0.1, -0.05) is 6.07 Å². The number of pyridine rings is 1. The predicted molar refractivity (Wildman–Crippen MR) is 81.7 cm³/mol. The largest absolute Gasteiger partial charge is 0.385 e. The second-order valence-electron chi connectivity index (χ2n) is 4.58. The third-order valence-electron chi connectivity index (χ3n) is 3.01. The molecule has 0 amide bonds. The molecule has 2 aromatic rings. The number of benzene rings is 1. The lowest BCUT2D eigenvalue weighted by Crippen LogP contribution is -2.17. The van der Waals surface area contributed by atoms with Crippen molar-refractivity contribution in [2.45, 2.75) is 13.5 Å². The lowest BCUT2D eigenvalue weighted by molar-refractivity contribution is 0.885. The molecule has 0 saturated heterocycles. The molecule has 20 heavy (non-hydrogen) atoms. The molecule has 0 atom stereocenters. The average molecular weight is 266 g/mol. The highest BCUT2D eigenvalue weighted by molar-refractivity contribution is 5.51. The normalized spacial score (nSPS) is 9.85. The molecule has 1 N–H and O–H groups in total. The zero-order valence-electron chi connectivity index (χ0n) is 11.8. The van der Waals surface area contributed by atoms with Crippen molar-refractivity contribution in [3.8, 4) is 6.07 Å². The van der Waals surface area contributed by atoms with Crippen LogP contribution in [0.25, 0.3) is 0 Å². The van der Waals surface area contributed by atoms with Crippen LogP contribution in [0.4, 0.5) is 11.4 Å². The Hall–Kier alpha value is -2.54. The van der Waals surface area contributed by atoms with Gasteiger partial charge in [0, 0.05) is 31.2 Å². The summed E-state index contributed by atoms with van der Waals surface area (Å²) in [6, 6.07) is 13.8. The van der Waals surface area contributed by atoms with Crippen molar-refractivity contribution >= 4 is 11.4 Å².